The van der Waals surface area contributed by atoms with Gasteiger partial charge in [0.05, 0.1) is 17.2 Å². The Kier molecular flexibility index (Phi) is 4.98. The van der Waals surface area contributed by atoms with Crippen molar-refractivity contribution in [2.45, 2.75) is 19.4 Å². The molecular weight excluding hydrogens is 270 g/mol. The lowest BCUT2D eigenvalue weighted by Gasteiger charge is -2.13. The molecule has 1 heterocycles. The summed E-state index contributed by atoms with van der Waals surface area (Å²) in [6.45, 7) is 1.93. The van der Waals surface area contributed by atoms with E-state index in [1.165, 1.54) is 0 Å². The summed E-state index contributed by atoms with van der Waals surface area (Å²) in [5.74, 6) is 0.719. The molecule has 2 aromatic rings. The quantitative estimate of drug-likeness (QED) is 0.887. The van der Waals surface area contributed by atoms with Crippen molar-refractivity contribution in [1.82, 2.24) is 4.98 Å². The second-order valence-electron chi connectivity index (χ2n) is 4.71. The van der Waals surface area contributed by atoms with Crippen LogP contribution in [-0.4, -0.2) is 28.9 Å². The molecule has 0 spiro atoms. The molecular formula is C15H19N3OS. The maximum Gasteiger partial charge on any atom is 0.241 e. The molecule has 0 radical (unpaired) electrons. The average Bonchev–Trinajstić information content (AvgIpc) is 2.45. The van der Waals surface area contributed by atoms with Crippen molar-refractivity contribution in [2.75, 3.05) is 17.3 Å². The van der Waals surface area contributed by atoms with Crippen molar-refractivity contribution in [3.8, 4) is 0 Å². The number of benzene rings is 1. The Morgan fingerprint density at radius 2 is 2.20 bits per heavy atom. The van der Waals surface area contributed by atoms with Crippen LogP contribution >= 0.6 is 11.8 Å². The molecule has 1 amide bonds. The standard InChI is InChI=1S/C15H19N3OS/c1-10-6-7-11-4-3-5-13(14(11)17-10)18-15(19)12(16)8-9-20-2/h3-7,12H,8-9,16H2,1-2H3,(H,18,19)/t12-/m1/s1. The van der Waals surface area contributed by atoms with Crippen molar-refractivity contribution in [3.05, 3.63) is 36.0 Å². The first kappa shape index (κ1) is 14.8. The van der Waals surface area contributed by atoms with Crippen LogP contribution in [0, 0.1) is 6.92 Å². The van der Waals surface area contributed by atoms with E-state index in [0.717, 1.165) is 28.0 Å². The second-order valence-corrected chi connectivity index (χ2v) is 5.69. The first-order chi connectivity index (χ1) is 9.61. The molecule has 106 valence electrons. The Hall–Kier alpha value is -1.59. The highest BCUT2D eigenvalue weighted by molar-refractivity contribution is 7.98. The van der Waals surface area contributed by atoms with Gasteiger partial charge in [0, 0.05) is 11.1 Å². The SMILES string of the molecule is CSCC[C@@H](N)C(=O)Nc1cccc2ccc(C)nc12. The highest BCUT2D eigenvalue weighted by Crippen LogP contribution is 2.21. The molecule has 1 atom stereocenters. The van der Waals surface area contributed by atoms with Crippen molar-refractivity contribution in [1.29, 1.82) is 0 Å². The monoisotopic (exact) mass is 289 g/mol. The Bertz CT molecular complexity index is 615. The van der Waals surface area contributed by atoms with Crippen LogP contribution in [0.1, 0.15) is 12.1 Å². The molecule has 0 aliphatic heterocycles. The number of fused-ring (bicyclic) bond motifs is 1. The minimum absolute atomic E-state index is 0.158. The molecule has 1 aromatic heterocycles. The Labute approximate surface area is 123 Å². The molecule has 0 aliphatic carbocycles. The third-order valence-corrected chi connectivity index (χ3v) is 3.73. The lowest BCUT2D eigenvalue weighted by Crippen LogP contribution is -2.36. The summed E-state index contributed by atoms with van der Waals surface area (Å²) in [7, 11) is 0. The molecule has 0 aliphatic rings. The Morgan fingerprint density at radius 1 is 1.40 bits per heavy atom. The van der Waals surface area contributed by atoms with E-state index in [9.17, 15) is 4.79 Å². The molecule has 20 heavy (non-hydrogen) atoms. The molecule has 3 N–H and O–H groups in total. The highest BCUT2D eigenvalue weighted by atomic mass is 32.2. The van der Waals surface area contributed by atoms with Gasteiger partial charge < -0.3 is 11.1 Å². The highest BCUT2D eigenvalue weighted by Gasteiger charge is 2.14. The predicted molar refractivity (Wildman–Crippen MR) is 86.1 cm³/mol. The first-order valence-electron chi connectivity index (χ1n) is 6.53. The maximum atomic E-state index is 12.1. The molecule has 4 nitrogen and oxygen atoms in total. The van der Waals surface area contributed by atoms with E-state index in [1.807, 2.05) is 43.5 Å². The van der Waals surface area contributed by atoms with Gasteiger partial charge in [-0.3, -0.25) is 9.78 Å². The molecule has 0 fully saturated rings. The van der Waals surface area contributed by atoms with Crippen LogP contribution in [-0.2, 0) is 4.79 Å². The fourth-order valence-electron chi connectivity index (χ4n) is 1.95. The number of amides is 1. The van der Waals surface area contributed by atoms with Crippen molar-refractivity contribution in [2.24, 2.45) is 5.73 Å². The van der Waals surface area contributed by atoms with Crippen LogP contribution < -0.4 is 11.1 Å². The van der Waals surface area contributed by atoms with E-state index in [0.29, 0.717) is 6.42 Å². The minimum atomic E-state index is -0.484. The van der Waals surface area contributed by atoms with Gasteiger partial charge in [0.15, 0.2) is 0 Å². The number of carbonyl (C=O) groups is 1. The summed E-state index contributed by atoms with van der Waals surface area (Å²) < 4.78 is 0. The second kappa shape index (κ2) is 6.72. The number of rotatable bonds is 5. The summed E-state index contributed by atoms with van der Waals surface area (Å²) in [6.07, 6.45) is 2.67. The van der Waals surface area contributed by atoms with Gasteiger partial charge in [0.2, 0.25) is 5.91 Å². The van der Waals surface area contributed by atoms with Gasteiger partial charge >= 0.3 is 0 Å². The van der Waals surface area contributed by atoms with Gasteiger partial charge in [-0.2, -0.15) is 11.8 Å². The van der Waals surface area contributed by atoms with Crippen LogP contribution in [0.25, 0.3) is 10.9 Å². The summed E-state index contributed by atoms with van der Waals surface area (Å²) >= 11 is 1.69. The molecule has 0 saturated carbocycles. The van der Waals surface area contributed by atoms with E-state index >= 15 is 0 Å². The first-order valence-corrected chi connectivity index (χ1v) is 7.93. The van der Waals surface area contributed by atoms with Crippen LogP contribution in [0.5, 0.6) is 0 Å². The molecule has 1 aromatic carbocycles. The average molecular weight is 289 g/mol. The van der Waals surface area contributed by atoms with Crippen molar-refractivity contribution >= 4 is 34.3 Å². The number of anilines is 1. The van der Waals surface area contributed by atoms with Gasteiger partial charge in [-0.25, -0.2) is 0 Å². The van der Waals surface area contributed by atoms with Crippen LogP contribution in [0.2, 0.25) is 0 Å². The third-order valence-electron chi connectivity index (χ3n) is 3.09. The fraction of sp³-hybridized carbons (Fsp3) is 0.333. The molecule has 0 unspecified atom stereocenters. The molecule has 5 heteroatoms. The number of aromatic nitrogens is 1. The van der Waals surface area contributed by atoms with E-state index in [1.54, 1.807) is 11.8 Å². The van der Waals surface area contributed by atoms with Crippen molar-refractivity contribution < 1.29 is 4.79 Å². The molecule has 0 saturated heterocycles. The number of nitrogens with one attached hydrogen (secondary N) is 1. The van der Waals surface area contributed by atoms with Crippen molar-refractivity contribution in [3.63, 3.8) is 0 Å². The Balaban J connectivity index is 2.21. The maximum absolute atomic E-state index is 12.1. The molecule has 2 rings (SSSR count). The number of aryl methyl sites for hydroxylation is 1. The normalized spacial score (nSPS) is 12.3. The number of hydrogen-bond donors (Lipinski definition) is 2. The van der Waals surface area contributed by atoms with Gasteiger partial charge in [-0.15, -0.1) is 0 Å². The number of para-hydroxylation sites is 1. The van der Waals surface area contributed by atoms with E-state index in [4.69, 9.17) is 5.73 Å². The number of hydrogen-bond acceptors (Lipinski definition) is 4. The lowest BCUT2D eigenvalue weighted by atomic mass is 10.1. The van der Waals surface area contributed by atoms with Gasteiger partial charge in [0.25, 0.3) is 0 Å². The Morgan fingerprint density at radius 3 is 2.95 bits per heavy atom. The number of carbonyl (C=O) groups excluding carboxylic acids is 1. The topological polar surface area (TPSA) is 68.0 Å². The summed E-state index contributed by atoms with van der Waals surface area (Å²) in [4.78, 5) is 16.6. The summed E-state index contributed by atoms with van der Waals surface area (Å²) in [6, 6.07) is 9.21. The molecule has 0 bridgehead atoms. The van der Waals surface area contributed by atoms with Crippen LogP contribution in [0.15, 0.2) is 30.3 Å². The fourth-order valence-corrected chi connectivity index (χ4v) is 2.44. The van der Waals surface area contributed by atoms with Gasteiger partial charge in [-0.1, -0.05) is 18.2 Å². The zero-order chi connectivity index (χ0) is 14.5. The smallest absolute Gasteiger partial charge is 0.241 e. The number of nitrogens with two attached hydrogens (primary N) is 1. The lowest BCUT2D eigenvalue weighted by molar-refractivity contribution is -0.117. The van der Waals surface area contributed by atoms with Gasteiger partial charge in [0.1, 0.15) is 0 Å². The predicted octanol–water partition coefficient (Wildman–Crippen LogP) is 2.56. The number of nitrogens with zero attached hydrogens (tertiary/aromatic N) is 1. The zero-order valence-corrected chi connectivity index (χ0v) is 12.5. The third kappa shape index (κ3) is 3.49. The summed E-state index contributed by atoms with van der Waals surface area (Å²) in [5.41, 5.74) is 8.32. The van der Waals surface area contributed by atoms with E-state index < -0.39 is 6.04 Å². The van der Waals surface area contributed by atoms with E-state index in [-0.39, 0.29) is 5.91 Å². The largest absolute Gasteiger partial charge is 0.323 e. The number of thioether (sulfide) groups is 1. The summed E-state index contributed by atoms with van der Waals surface area (Å²) in [5, 5.41) is 3.89. The van der Waals surface area contributed by atoms with Crippen LogP contribution in [0.4, 0.5) is 5.69 Å². The van der Waals surface area contributed by atoms with E-state index in [2.05, 4.69) is 10.3 Å². The number of pyridine rings is 1. The zero-order valence-electron chi connectivity index (χ0n) is 11.7. The van der Waals surface area contributed by atoms with Crippen LogP contribution in [0.3, 0.4) is 0 Å². The van der Waals surface area contributed by atoms with Gasteiger partial charge in [-0.05, 0) is 37.5 Å². The minimum Gasteiger partial charge on any atom is -0.323 e.